The quantitative estimate of drug-likeness (QED) is 0.499. The predicted molar refractivity (Wildman–Crippen MR) is 128 cm³/mol. The van der Waals surface area contributed by atoms with Gasteiger partial charge in [0.15, 0.2) is 0 Å². The van der Waals surface area contributed by atoms with E-state index in [0.29, 0.717) is 18.7 Å². The molecule has 2 heterocycles. The van der Waals surface area contributed by atoms with Gasteiger partial charge in [-0.1, -0.05) is 36.4 Å². The molecule has 0 saturated carbocycles. The van der Waals surface area contributed by atoms with E-state index in [-0.39, 0.29) is 5.91 Å². The fourth-order valence-electron chi connectivity index (χ4n) is 4.21. The van der Waals surface area contributed by atoms with Crippen LogP contribution in [0.5, 0.6) is 5.75 Å². The number of fused-ring (bicyclic) bond motifs is 2. The molecule has 0 saturated heterocycles. The van der Waals surface area contributed by atoms with Gasteiger partial charge in [0.1, 0.15) is 12.4 Å². The van der Waals surface area contributed by atoms with Crippen molar-refractivity contribution in [3.63, 3.8) is 0 Å². The Labute approximate surface area is 187 Å². The van der Waals surface area contributed by atoms with Crippen molar-refractivity contribution in [2.24, 2.45) is 0 Å². The highest BCUT2D eigenvalue weighted by Crippen LogP contribution is 2.33. The molecule has 4 aromatic rings. The number of aromatic nitrogens is 1. The van der Waals surface area contributed by atoms with Crippen LogP contribution in [0.3, 0.4) is 0 Å². The monoisotopic (exact) mass is 423 g/mol. The van der Waals surface area contributed by atoms with E-state index >= 15 is 0 Å². The Morgan fingerprint density at radius 1 is 1.03 bits per heavy atom. The molecule has 5 rings (SSSR count). The molecule has 32 heavy (non-hydrogen) atoms. The van der Waals surface area contributed by atoms with E-state index in [0.717, 1.165) is 46.4 Å². The molecule has 0 unspecified atom stereocenters. The fraction of sp³-hybridized carbons (Fsp3) is 0.185. The van der Waals surface area contributed by atoms with E-state index in [1.807, 2.05) is 49.5 Å². The number of amides is 1. The van der Waals surface area contributed by atoms with Crippen LogP contribution in [0.25, 0.3) is 22.0 Å². The second-order valence-corrected chi connectivity index (χ2v) is 7.88. The van der Waals surface area contributed by atoms with E-state index in [9.17, 15) is 4.79 Å². The van der Waals surface area contributed by atoms with Gasteiger partial charge in [-0.05, 0) is 54.4 Å². The van der Waals surface area contributed by atoms with Crippen molar-refractivity contribution in [1.29, 1.82) is 0 Å². The smallest absolute Gasteiger partial charge is 0.251 e. The number of pyridine rings is 1. The van der Waals surface area contributed by atoms with Crippen LogP contribution >= 0.6 is 0 Å². The number of nitrogens with zero attached hydrogens (tertiary/aromatic N) is 2. The minimum atomic E-state index is -0.0467. The number of nitrogens with one attached hydrogen (secondary N) is 1. The molecule has 0 fully saturated rings. The lowest BCUT2D eigenvalue weighted by Crippen LogP contribution is -2.25. The number of carbonyl (C=O) groups is 1. The highest BCUT2D eigenvalue weighted by atomic mass is 16.5. The van der Waals surface area contributed by atoms with Crippen LogP contribution in [-0.2, 0) is 6.54 Å². The molecule has 0 atom stereocenters. The van der Waals surface area contributed by atoms with Crippen LogP contribution in [0.1, 0.15) is 22.8 Å². The van der Waals surface area contributed by atoms with E-state index in [2.05, 4.69) is 51.6 Å². The number of anilines is 1. The third kappa shape index (κ3) is 3.89. The van der Waals surface area contributed by atoms with Crippen molar-refractivity contribution in [1.82, 2.24) is 10.3 Å². The van der Waals surface area contributed by atoms with Crippen LogP contribution in [0, 0.1) is 0 Å². The summed E-state index contributed by atoms with van der Waals surface area (Å²) in [5, 5.41) is 3.99. The zero-order valence-electron chi connectivity index (χ0n) is 18.0. The third-order valence-corrected chi connectivity index (χ3v) is 5.82. The standard InChI is InChI=1S/C27H25N3O2/c1-2-28-27(31)20-9-7-19(8-10-20)21-11-12-26-22(17-21)18-30(15-16-32-26)25-13-14-29-24-6-4-3-5-23(24)25/h3-14,17H,2,15-16,18H2,1H3,(H,28,31). The minimum Gasteiger partial charge on any atom is -0.491 e. The molecule has 5 heteroatoms. The van der Waals surface area contributed by atoms with Gasteiger partial charge in [0, 0.05) is 41.5 Å². The molecule has 1 aromatic heterocycles. The molecule has 0 bridgehead atoms. The van der Waals surface area contributed by atoms with E-state index < -0.39 is 0 Å². The van der Waals surface area contributed by atoms with Gasteiger partial charge in [0.2, 0.25) is 0 Å². The average molecular weight is 424 g/mol. The summed E-state index contributed by atoms with van der Waals surface area (Å²) in [4.78, 5) is 18.9. The molecule has 0 radical (unpaired) electrons. The van der Waals surface area contributed by atoms with Crippen LogP contribution in [0.2, 0.25) is 0 Å². The second-order valence-electron chi connectivity index (χ2n) is 7.88. The van der Waals surface area contributed by atoms with E-state index in [1.54, 1.807) is 0 Å². The van der Waals surface area contributed by atoms with Gasteiger partial charge < -0.3 is 15.0 Å². The van der Waals surface area contributed by atoms with Gasteiger partial charge in [-0.3, -0.25) is 9.78 Å². The van der Waals surface area contributed by atoms with Crippen LogP contribution in [0.15, 0.2) is 79.0 Å². The number of rotatable bonds is 4. The Morgan fingerprint density at radius 3 is 2.69 bits per heavy atom. The summed E-state index contributed by atoms with van der Waals surface area (Å²) in [6.07, 6.45) is 1.87. The van der Waals surface area contributed by atoms with Crippen LogP contribution < -0.4 is 15.0 Å². The van der Waals surface area contributed by atoms with Crippen molar-refractivity contribution in [3.05, 3.63) is 90.1 Å². The first-order chi connectivity index (χ1) is 15.7. The first-order valence-corrected chi connectivity index (χ1v) is 11.0. The predicted octanol–water partition coefficient (Wildman–Crippen LogP) is 5.05. The van der Waals surface area contributed by atoms with Gasteiger partial charge in [-0.2, -0.15) is 0 Å². The SMILES string of the molecule is CCNC(=O)c1ccc(-c2ccc3c(c2)CN(c2ccnc4ccccc24)CCO3)cc1. The molecule has 5 nitrogen and oxygen atoms in total. The van der Waals surface area contributed by atoms with Crippen LogP contribution in [0.4, 0.5) is 5.69 Å². The van der Waals surface area contributed by atoms with Crippen molar-refractivity contribution in [2.75, 3.05) is 24.6 Å². The molecular formula is C27H25N3O2. The summed E-state index contributed by atoms with van der Waals surface area (Å²) in [5.74, 6) is 0.878. The summed E-state index contributed by atoms with van der Waals surface area (Å²) in [6.45, 7) is 4.73. The van der Waals surface area contributed by atoms with Crippen molar-refractivity contribution < 1.29 is 9.53 Å². The maximum Gasteiger partial charge on any atom is 0.251 e. The van der Waals surface area contributed by atoms with Crippen molar-refractivity contribution >= 4 is 22.5 Å². The number of hydrogen-bond acceptors (Lipinski definition) is 4. The Balaban J connectivity index is 1.46. The third-order valence-electron chi connectivity index (χ3n) is 5.82. The Kier molecular flexibility index (Phi) is 5.46. The number of hydrogen-bond donors (Lipinski definition) is 1. The summed E-state index contributed by atoms with van der Waals surface area (Å²) in [7, 11) is 0. The molecule has 1 aliphatic rings. The molecule has 1 amide bonds. The second kappa shape index (κ2) is 8.71. The maximum absolute atomic E-state index is 12.0. The van der Waals surface area contributed by atoms with Crippen molar-refractivity contribution in [3.8, 4) is 16.9 Å². The highest BCUT2D eigenvalue weighted by molar-refractivity contribution is 5.94. The summed E-state index contributed by atoms with van der Waals surface area (Å²) in [6, 6.07) is 24.4. The van der Waals surface area contributed by atoms with E-state index in [4.69, 9.17) is 4.74 Å². The Bertz CT molecular complexity index is 1260. The lowest BCUT2D eigenvalue weighted by Gasteiger charge is -2.23. The summed E-state index contributed by atoms with van der Waals surface area (Å²) >= 11 is 0. The molecule has 0 spiro atoms. The molecule has 160 valence electrons. The molecule has 1 aliphatic heterocycles. The Hall–Kier alpha value is -3.86. The largest absolute Gasteiger partial charge is 0.491 e. The lowest BCUT2D eigenvalue weighted by molar-refractivity contribution is 0.0956. The number of para-hydroxylation sites is 1. The average Bonchev–Trinajstić information content (AvgIpc) is 3.06. The molecule has 0 aliphatic carbocycles. The van der Waals surface area contributed by atoms with Gasteiger partial charge in [0.05, 0.1) is 12.1 Å². The minimum absolute atomic E-state index is 0.0467. The first kappa shape index (κ1) is 20.1. The zero-order valence-corrected chi connectivity index (χ0v) is 18.0. The van der Waals surface area contributed by atoms with Gasteiger partial charge >= 0.3 is 0 Å². The number of carbonyl (C=O) groups excluding carboxylic acids is 1. The summed E-state index contributed by atoms with van der Waals surface area (Å²) in [5.41, 5.74) is 6.17. The zero-order chi connectivity index (χ0) is 21.9. The van der Waals surface area contributed by atoms with Crippen LogP contribution in [-0.4, -0.2) is 30.6 Å². The van der Waals surface area contributed by atoms with E-state index in [1.165, 1.54) is 5.69 Å². The highest BCUT2D eigenvalue weighted by Gasteiger charge is 2.18. The van der Waals surface area contributed by atoms with Gasteiger partial charge in [0.25, 0.3) is 5.91 Å². The molecule has 1 N–H and O–H groups in total. The molecule has 3 aromatic carbocycles. The topological polar surface area (TPSA) is 54.5 Å². The number of ether oxygens (including phenoxy) is 1. The Morgan fingerprint density at radius 2 is 1.84 bits per heavy atom. The normalized spacial score (nSPS) is 13.2. The lowest BCUT2D eigenvalue weighted by atomic mass is 10.0. The maximum atomic E-state index is 12.0. The number of benzene rings is 3. The van der Waals surface area contributed by atoms with Gasteiger partial charge in [-0.25, -0.2) is 0 Å². The summed E-state index contributed by atoms with van der Waals surface area (Å²) < 4.78 is 6.07. The van der Waals surface area contributed by atoms with Gasteiger partial charge in [-0.15, -0.1) is 0 Å². The van der Waals surface area contributed by atoms with Crippen molar-refractivity contribution in [2.45, 2.75) is 13.5 Å². The first-order valence-electron chi connectivity index (χ1n) is 11.0. The molecular weight excluding hydrogens is 398 g/mol. The fourth-order valence-corrected chi connectivity index (χ4v) is 4.21.